The summed E-state index contributed by atoms with van der Waals surface area (Å²) in [5.74, 6) is 1.30. The van der Waals surface area contributed by atoms with Gasteiger partial charge >= 0.3 is 0 Å². The van der Waals surface area contributed by atoms with Crippen LogP contribution in [0.25, 0.3) is 0 Å². The number of carbonyl (C=O) groups is 1. The summed E-state index contributed by atoms with van der Waals surface area (Å²) < 4.78 is 0. The third-order valence-corrected chi connectivity index (χ3v) is 2.74. The lowest BCUT2D eigenvalue weighted by atomic mass is 9.98. The standard InChI is InChI=1S/C9H18N2O/c1-7-3-2-4-8(7)5-11-6-9(10)12/h7-8,11H,2-6H2,1H3,(H2,10,12). The average molecular weight is 170 g/mol. The highest BCUT2D eigenvalue weighted by molar-refractivity contribution is 5.75. The van der Waals surface area contributed by atoms with Gasteiger partial charge in [-0.3, -0.25) is 4.79 Å². The molecule has 3 N–H and O–H groups in total. The largest absolute Gasteiger partial charge is 0.369 e. The molecule has 70 valence electrons. The van der Waals surface area contributed by atoms with E-state index in [9.17, 15) is 4.79 Å². The van der Waals surface area contributed by atoms with Crippen LogP contribution in [0, 0.1) is 11.8 Å². The quantitative estimate of drug-likeness (QED) is 0.645. The Bertz CT molecular complexity index is 159. The first-order valence-corrected chi connectivity index (χ1v) is 4.69. The van der Waals surface area contributed by atoms with Crippen LogP contribution < -0.4 is 11.1 Å². The van der Waals surface area contributed by atoms with Gasteiger partial charge in [0, 0.05) is 0 Å². The maximum absolute atomic E-state index is 10.4. The first-order chi connectivity index (χ1) is 5.70. The summed E-state index contributed by atoms with van der Waals surface area (Å²) in [4.78, 5) is 10.4. The normalized spacial score (nSPS) is 29.1. The molecule has 0 heterocycles. The molecule has 1 aliphatic rings. The zero-order chi connectivity index (χ0) is 8.97. The molecule has 2 atom stereocenters. The molecular weight excluding hydrogens is 152 g/mol. The molecular formula is C9H18N2O. The van der Waals surface area contributed by atoms with Crippen molar-refractivity contribution in [3.8, 4) is 0 Å². The van der Waals surface area contributed by atoms with Crippen LogP contribution in [-0.4, -0.2) is 19.0 Å². The maximum Gasteiger partial charge on any atom is 0.231 e. The molecule has 1 rings (SSSR count). The SMILES string of the molecule is CC1CCCC1CNCC(N)=O. The summed E-state index contributed by atoms with van der Waals surface area (Å²) in [6, 6.07) is 0. The molecule has 0 aromatic rings. The van der Waals surface area contributed by atoms with Crippen LogP contribution in [0.15, 0.2) is 0 Å². The van der Waals surface area contributed by atoms with Gasteiger partial charge < -0.3 is 11.1 Å². The van der Waals surface area contributed by atoms with E-state index in [4.69, 9.17) is 5.73 Å². The Kier molecular flexibility index (Phi) is 3.53. The van der Waals surface area contributed by atoms with Crippen molar-refractivity contribution in [3.05, 3.63) is 0 Å². The third-order valence-electron chi connectivity index (χ3n) is 2.74. The summed E-state index contributed by atoms with van der Waals surface area (Å²) >= 11 is 0. The van der Waals surface area contributed by atoms with Crippen LogP contribution >= 0.6 is 0 Å². The summed E-state index contributed by atoms with van der Waals surface area (Å²) in [6.45, 7) is 3.55. The number of carbonyl (C=O) groups excluding carboxylic acids is 1. The van der Waals surface area contributed by atoms with E-state index in [1.165, 1.54) is 19.3 Å². The van der Waals surface area contributed by atoms with Crippen molar-refractivity contribution in [1.29, 1.82) is 0 Å². The van der Waals surface area contributed by atoms with Crippen LogP contribution in [0.2, 0.25) is 0 Å². The van der Waals surface area contributed by atoms with E-state index in [0.29, 0.717) is 6.54 Å². The van der Waals surface area contributed by atoms with Crippen molar-refractivity contribution in [3.63, 3.8) is 0 Å². The molecule has 3 nitrogen and oxygen atoms in total. The minimum absolute atomic E-state index is 0.263. The minimum atomic E-state index is -0.263. The summed E-state index contributed by atoms with van der Waals surface area (Å²) in [5, 5.41) is 3.08. The predicted molar refractivity (Wildman–Crippen MR) is 48.6 cm³/mol. The molecule has 3 heteroatoms. The number of hydrogen-bond acceptors (Lipinski definition) is 2. The molecule has 0 aromatic carbocycles. The first-order valence-electron chi connectivity index (χ1n) is 4.69. The van der Waals surface area contributed by atoms with Gasteiger partial charge in [0.1, 0.15) is 0 Å². The van der Waals surface area contributed by atoms with Crippen molar-refractivity contribution in [2.75, 3.05) is 13.1 Å². The third kappa shape index (κ3) is 2.81. The monoisotopic (exact) mass is 170 g/mol. The Hall–Kier alpha value is -0.570. The van der Waals surface area contributed by atoms with Crippen LogP contribution in [0.4, 0.5) is 0 Å². The van der Waals surface area contributed by atoms with E-state index >= 15 is 0 Å². The van der Waals surface area contributed by atoms with Gasteiger partial charge in [0.05, 0.1) is 6.54 Å². The van der Waals surface area contributed by atoms with Gasteiger partial charge in [0.25, 0.3) is 0 Å². The van der Waals surface area contributed by atoms with Crippen molar-refractivity contribution in [2.45, 2.75) is 26.2 Å². The molecule has 1 saturated carbocycles. The molecule has 2 unspecified atom stereocenters. The maximum atomic E-state index is 10.4. The number of nitrogens with one attached hydrogen (secondary N) is 1. The average Bonchev–Trinajstić information content (AvgIpc) is 2.36. The molecule has 0 saturated heterocycles. The van der Waals surface area contributed by atoms with Crippen LogP contribution in [-0.2, 0) is 4.79 Å². The summed E-state index contributed by atoms with van der Waals surface area (Å²) in [6.07, 6.45) is 3.97. The van der Waals surface area contributed by atoms with Crippen LogP contribution in [0.3, 0.4) is 0 Å². The van der Waals surface area contributed by atoms with Crippen LogP contribution in [0.5, 0.6) is 0 Å². The second kappa shape index (κ2) is 4.45. The Morgan fingerprint density at radius 3 is 2.83 bits per heavy atom. The number of hydrogen-bond donors (Lipinski definition) is 2. The summed E-state index contributed by atoms with van der Waals surface area (Å²) in [5.41, 5.74) is 5.01. The molecule has 0 aliphatic heterocycles. The fourth-order valence-electron chi connectivity index (χ4n) is 1.91. The molecule has 0 aromatic heterocycles. The smallest absolute Gasteiger partial charge is 0.231 e. The molecule has 1 amide bonds. The molecule has 0 bridgehead atoms. The van der Waals surface area contributed by atoms with E-state index < -0.39 is 0 Å². The topological polar surface area (TPSA) is 55.1 Å². The van der Waals surface area contributed by atoms with Crippen molar-refractivity contribution >= 4 is 5.91 Å². The Labute approximate surface area is 73.7 Å². The first kappa shape index (κ1) is 9.52. The van der Waals surface area contributed by atoms with Gasteiger partial charge in [0.2, 0.25) is 5.91 Å². The second-order valence-electron chi connectivity index (χ2n) is 3.77. The fraction of sp³-hybridized carbons (Fsp3) is 0.889. The number of primary amides is 1. The highest BCUT2D eigenvalue weighted by atomic mass is 16.1. The highest BCUT2D eigenvalue weighted by Crippen LogP contribution is 2.30. The van der Waals surface area contributed by atoms with Gasteiger partial charge in [0.15, 0.2) is 0 Å². The number of nitrogens with two attached hydrogens (primary N) is 1. The number of rotatable bonds is 4. The van der Waals surface area contributed by atoms with E-state index in [1.54, 1.807) is 0 Å². The Balaban J connectivity index is 2.10. The highest BCUT2D eigenvalue weighted by Gasteiger charge is 2.22. The number of amides is 1. The van der Waals surface area contributed by atoms with Gasteiger partial charge in [-0.2, -0.15) is 0 Å². The lowest BCUT2D eigenvalue weighted by molar-refractivity contribution is -0.117. The van der Waals surface area contributed by atoms with Gasteiger partial charge in [-0.25, -0.2) is 0 Å². The van der Waals surface area contributed by atoms with Gasteiger partial charge in [-0.1, -0.05) is 19.8 Å². The Morgan fingerprint density at radius 2 is 2.33 bits per heavy atom. The predicted octanol–water partition coefficient (Wildman–Crippen LogP) is 0.497. The Morgan fingerprint density at radius 1 is 1.58 bits per heavy atom. The van der Waals surface area contributed by atoms with Crippen molar-refractivity contribution in [1.82, 2.24) is 5.32 Å². The van der Waals surface area contributed by atoms with Crippen molar-refractivity contribution in [2.24, 2.45) is 17.6 Å². The fourth-order valence-corrected chi connectivity index (χ4v) is 1.91. The van der Waals surface area contributed by atoms with E-state index in [0.717, 1.165) is 18.4 Å². The lowest BCUT2D eigenvalue weighted by Crippen LogP contribution is -2.32. The zero-order valence-corrected chi connectivity index (χ0v) is 7.68. The molecule has 0 radical (unpaired) electrons. The van der Waals surface area contributed by atoms with E-state index in [2.05, 4.69) is 12.2 Å². The van der Waals surface area contributed by atoms with Crippen LogP contribution in [0.1, 0.15) is 26.2 Å². The van der Waals surface area contributed by atoms with Gasteiger partial charge in [-0.15, -0.1) is 0 Å². The molecule has 0 spiro atoms. The zero-order valence-electron chi connectivity index (χ0n) is 7.68. The van der Waals surface area contributed by atoms with Crippen molar-refractivity contribution < 1.29 is 4.79 Å². The minimum Gasteiger partial charge on any atom is -0.369 e. The molecule has 1 aliphatic carbocycles. The lowest BCUT2D eigenvalue weighted by Gasteiger charge is -2.14. The van der Waals surface area contributed by atoms with E-state index in [1.807, 2.05) is 0 Å². The second-order valence-corrected chi connectivity index (χ2v) is 3.77. The van der Waals surface area contributed by atoms with E-state index in [-0.39, 0.29) is 5.91 Å². The molecule has 12 heavy (non-hydrogen) atoms. The molecule has 1 fully saturated rings. The van der Waals surface area contributed by atoms with Gasteiger partial charge in [-0.05, 0) is 24.8 Å². The summed E-state index contributed by atoms with van der Waals surface area (Å²) in [7, 11) is 0.